The summed E-state index contributed by atoms with van der Waals surface area (Å²) in [6.45, 7) is 5.20. The first-order valence-electron chi connectivity index (χ1n) is 7.42. The van der Waals surface area contributed by atoms with E-state index in [1.165, 1.54) is 12.1 Å². The molecule has 2 nitrogen and oxygen atoms in total. The van der Waals surface area contributed by atoms with Crippen LogP contribution in [0.25, 0.3) is 0 Å². The van der Waals surface area contributed by atoms with Gasteiger partial charge in [0.15, 0.2) is 0 Å². The van der Waals surface area contributed by atoms with Crippen molar-refractivity contribution in [3.63, 3.8) is 0 Å². The molecule has 2 rings (SSSR count). The minimum Gasteiger partial charge on any atom is -0.378 e. The number of hydrogen-bond acceptors (Lipinski definition) is 2. The number of aryl methyl sites for hydroxylation is 1. The lowest BCUT2D eigenvalue weighted by Gasteiger charge is -2.23. The molecule has 1 fully saturated rings. The van der Waals surface area contributed by atoms with Crippen LogP contribution in [0, 0.1) is 18.6 Å². The molecule has 2 atom stereocenters. The molecule has 0 amide bonds. The molecule has 4 heteroatoms. The van der Waals surface area contributed by atoms with Gasteiger partial charge in [-0.15, -0.1) is 0 Å². The lowest BCUT2D eigenvalue weighted by molar-refractivity contribution is 0.0941. The van der Waals surface area contributed by atoms with Gasteiger partial charge in [-0.25, -0.2) is 8.78 Å². The van der Waals surface area contributed by atoms with Crippen LogP contribution in [0.15, 0.2) is 12.1 Å². The van der Waals surface area contributed by atoms with Crippen molar-refractivity contribution in [2.45, 2.75) is 51.7 Å². The second-order valence-corrected chi connectivity index (χ2v) is 5.50. The van der Waals surface area contributed by atoms with Gasteiger partial charge in [0.25, 0.3) is 0 Å². The Morgan fingerprint density at radius 1 is 1.35 bits per heavy atom. The zero-order valence-electron chi connectivity index (χ0n) is 12.2. The minimum absolute atomic E-state index is 0.146. The fraction of sp³-hybridized carbons (Fsp3) is 0.625. The predicted octanol–water partition coefficient (Wildman–Crippen LogP) is 3.88. The summed E-state index contributed by atoms with van der Waals surface area (Å²) in [4.78, 5) is 0. The molecular formula is C16H23F2NO. The molecule has 1 aromatic rings. The largest absolute Gasteiger partial charge is 0.378 e. The third-order valence-corrected chi connectivity index (χ3v) is 3.82. The number of benzene rings is 1. The first-order chi connectivity index (χ1) is 9.61. The Morgan fingerprint density at radius 3 is 2.80 bits per heavy atom. The molecule has 0 saturated carbocycles. The Balaban J connectivity index is 2.18. The molecule has 0 aliphatic carbocycles. The van der Waals surface area contributed by atoms with Gasteiger partial charge in [0.2, 0.25) is 0 Å². The Bertz CT molecular complexity index is 444. The predicted molar refractivity (Wildman–Crippen MR) is 75.7 cm³/mol. The van der Waals surface area contributed by atoms with Gasteiger partial charge in [-0.05, 0) is 56.8 Å². The summed E-state index contributed by atoms with van der Waals surface area (Å²) in [6, 6.07) is 2.42. The van der Waals surface area contributed by atoms with Crippen LogP contribution in [0.5, 0.6) is 0 Å². The summed E-state index contributed by atoms with van der Waals surface area (Å²) in [5, 5.41) is 3.31. The molecule has 1 aliphatic rings. The monoisotopic (exact) mass is 283 g/mol. The second kappa shape index (κ2) is 7.14. The molecule has 0 bridgehead atoms. The van der Waals surface area contributed by atoms with Crippen LogP contribution in [0.3, 0.4) is 0 Å². The van der Waals surface area contributed by atoms with E-state index in [4.69, 9.17) is 4.74 Å². The first kappa shape index (κ1) is 15.4. The molecule has 1 aromatic carbocycles. The van der Waals surface area contributed by atoms with Crippen molar-refractivity contribution in [3.05, 3.63) is 34.9 Å². The van der Waals surface area contributed by atoms with Gasteiger partial charge < -0.3 is 10.1 Å². The number of ether oxygens (including phenoxy) is 1. The highest BCUT2D eigenvalue weighted by molar-refractivity contribution is 5.28. The second-order valence-electron chi connectivity index (χ2n) is 5.50. The van der Waals surface area contributed by atoms with Crippen LogP contribution in [-0.4, -0.2) is 19.3 Å². The molecule has 0 aromatic heterocycles. The van der Waals surface area contributed by atoms with Gasteiger partial charge in [0.05, 0.1) is 6.10 Å². The molecule has 1 saturated heterocycles. The molecule has 2 unspecified atom stereocenters. The SMILES string of the molecule is CCCNC(CC1CCCO1)c1cc(F)c(C)cc1F. The highest BCUT2D eigenvalue weighted by Crippen LogP contribution is 2.28. The molecule has 0 radical (unpaired) electrons. The van der Waals surface area contributed by atoms with E-state index in [-0.39, 0.29) is 23.8 Å². The Morgan fingerprint density at radius 2 is 2.15 bits per heavy atom. The van der Waals surface area contributed by atoms with Crippen LogP contribution in [0.2, 0.25) is 0 Å². The number of nitrogens with one attached hydrogen (secondary N) is 1. The van der Waals surface area contributed by atoms with Crippen molar-refractivity contribution >= 4 is 0 Å². The summed E-state index contributed by atoms with van der Waals surface area (Å²) in [5.74, 6) is -0.687. The van der Waals surface area contributed by atoms with Gasteiger partial charge in [0.1, 0.15) is 11.6 Å². The smallest absolute Gasteiger partial charge is 0.128 e. The first-order valence-corrected chi connectivity index (χ1v) is 7.42. The van der Waals surface area contributed by atoms with Gasteiger partial charge >= 0.3 is 0 Å². The normalized spacial score (nSPS) is 20.3. The van der Waals surface area contributed by atoms with Crippen molar-refractivity contribution in [1.82, 2.24) is 5.32 Å². The van der Waals surface area contributed by atoms with E-state index < -0.39 is 0 Å². The van der Waals surface area contributed by atoms with Crippen LogP contribution >= 0.6 is 0 Å². The maximum Gasteiger partial charge on any atom is 0.128 e. The highest BCUT2D eigenvalue weighted by atomic mass is 19.1. The van der Waals surface area contributed by atoms with E-state index in [1.807, 2.05) is 0 Å². The zero-order valence-corrected chi connectivity index (χ0v) is 12.2. The molecule has 112 valence electrons. The molecule has 20 heavy (non-hydrogen) atoms. The average molecular weight is 283 g/mol. The van der Waals surface area contributed by atoms with E-state index >= 15 is 0 Å². The number of halogens is 2. The van der Waals surface area contributed by atoms with E-state index in [2.05, 4.69) is 12.2 Å². The fourth-order valence-electron chi connectivity index (χ4n) is 2.66. The summed E-state index contributed by atoms with van der Waals surface area (Å²) >= 11 is 0. The third-order valence-electron chi connectivity index (χ3n) is 3.82. The summed E-state index contributed by atoms with van der Waals surface area (Å²) < 4.78 is 33.5. The number of hydrogen-bond donors (Lipinski definition) is 1. The lowest BCUT2D eigenvalue weighted by atomic mass is 9.97. The molecular weight excluding hydrogens is 260 g/mol. The quantitative estimate of drug-likeness (QED) is 0.855. The van der Waals surface area contributed by atoms with Crippen LogP contribution in [0.1, 0.15) is 49.8 Å². The highest BCUT2D eigenvalue weighted by Gasteiger charge is 2.24. The Kier molecular flexibility index (Phi) is 5.49. The van der Waals surface area contributed by atoms with E-state index in [0.717, 1.165) is 32.4 Å². The standard InChI is InChI=1S/C16H23F2NO/c1-3-6-19-16(9-12-5-4-7-20-12)13-10-14(17)11(2)8-15(13)18/h8,10,12,16,19H,3-7,9H2,1-2H3. The molecule has 1 N–H and O–H groups in total. The van der Waals surface area contributed by atoms with Gasteiger partial charge in [0, 0.05) is 18.2 Å². The third kappa shape index (κ3) is 3.76. The zero-order chi connectivity index (χ0) is 14.5. The molecule has 0 spiro atoms. The van der Waals surface area contributed by atoms with Crippen molar-refractivity contribution in [2.75, 3.05) is 13.2 Å². The van der Waals surface area contributed by atoms with Gasteiger partial charge in [-0.2, -0.15) is 0 Å². The van der Waals surface area contributed by atoms with Crippen LogP contribution in [-0.2, 0) is 4.74 Å². The average Bonchev–Trinajstić information content (AvgIpc) is 2.92. The Labute approximate surface area is 119 Å². The topological polar surface area (TPSA) is 21.3 Å². The maximum absolute atomic E-state index is 14.1. The van der Waals surface area contributed by atoms with Gasteiger partial charge in [-0.1, -0.05) is 6.92 Å². The summed E-state index contributed by atoms with van der Waals surface area (Å²) in [6.07, 6.45) is 3.85. The fourth-order valence-corrected chi connectivity index (χ4v) is 2.66. The van der Waals surface area contributed by atoms with Gasteiger partial charge in [-0.3, -0.25) is 0 Å². The van der Waals surface area contributed by atoms with E-state index in [0.29, 0.717) is 17.5 Å². The van der Waals surface area contributed by atoms with E-state index in [9.17, 15) is 8.78 Å². The van der Waals surface area contributed by atoms with E-state index in [1.54, 1.807) is 6.92 Å². The summed E-state index contributed by atoms with van der Waals surface area (Å²) in [5.41, 5.74) is 0.759. The van der Waals surface area contributed by atoms with Crippen LogP contribution < -0.4 is 5.32 Å². The van der Waals surface area contributed by atoms with Crippen molar-refractivity contribution in [1.29, 1.82) is 0 Å². The Hall–Kier alpha value is -1.00. The molecule has 1 aliphatic heterocycles. The lowest BCUT2D eigenvalue weighted by Crippen LogP contribution is -2.27. The molecule has 1 heterocycles. The van der Waals surface area contributed by atoms with Crippen molar-refractivity contribution < 1.29 is 13.5 Å². The van der Waals surface area contributed by atoms with Crippen LogP contribution in [0.4, 0.5) is 8.78 Å². The summed E-state index contributed by atoms with van der Waals surface area (Å²) in [7, 11) is 0. The van der Waals surface area contributed by atoms with Crippen molar-refractivity contribution in [3.8, 4) is 0 Å². The van der Waals surface area contributed by atoms with Crippen molar-refractivity contribution in [2.24, 2.45) is 0 Å². The maximum atomic E-state index is 14.1. The minimum atomic E-state index is -0.350. The number of rotatable bonds is 6.